The van der Waals surface area contributed by atoms with Crippen LogP contribution in [0.3, 0.4) is 0 Å². The number of aromatic nitrogens is 4. The van der Waals surface area contributed by atoms with E-state index in [9.17, 15) is 4.79 Å². The maximum Gasteiger partial charge on any atom is 0.264 e. The molecule has 0 saturated heterocycles. The van der Waals surface area contributed by atoms with E-state index < -0.39 is 5.41 Å². The van der Waals surface area contributed by atoms with Crippen LogP contribution in [-0.4, -0.2) is 25.5 Å². The molecule has 0 aliphatic heterocycles. The number of carbonyl (C=O) groups is 1. The molecule has 1 aliphatic rings. The average molecular weight is 408 g/mol. The zero-order chi connectivity index (χ0) is 20.0. The van der Waals surface area contributed by atoms with Gasteiger partial charge in [0.15, 0.2) is 0 Å². The second-order valence-corrected chi connectivity index (χ2v) is 7.73. The number of nitrogens with zero attached hydrogens (tertiary/aromatic N) is 4. The number of carbonyl (C=O) groups excluding carboxylic acids is 1. The number of rotatable bonds is 4. The van der Waals surface area contributed by atoms with Crippen molar-refractivity contribution < 1.29 is 9.21 Å². The van der Waals surface area contributed by atoms with Gasteiger partial charge >= 0.3 is 0 Å². The lowest BCUT2D eigenvalue weighted by molar-refractivity contribution is -0.124. The molecule has 146 valence electrons. The van der Waals surface area contributed by atoms with E-state index in [1.54, 1.807) is 29.0 Å². The summed E-state index contributed by atoms with van der Waals surface area (Å²) in [6, 6.07) is 11.1. The summed E-state index contributed by atoms with van der Waals surface area (Å²) in [6.07, 6.45) is 5.91. The molecule has 7 nitrogen and oxygen atoms in total. The predicted molar refractivity (Wildman–Crippen MR) is 109 cm³/mol. The summed E-state index contributed by atoms with van der Waals surface area (Å²) in [7, 11) is 0. The van der Waals surface area contributed by atoms with Crippen molar-refractivity contribution in [3.63, 3.8) is 0 Å². The summed E-state index contributed by atoms with van der Waals surface area (Å²) in [4.78, 5) is 21.6. The molecule has 5 rings (SSSR count). The van der Waals surface area contributed by atoms with Crippen molar-refractivity contribution in [3.8, 4) is 11.6 Å². The molecule has 1 aromatic carbocycles. The number of amides is 1. The van der Waals surface area contributed by atoms with Crippen LogP contribution in [0.1, 0.15) is 30.7 Å². The first-order chi connectivity index (χ1) is 14.0. The van der Waals surface area contributed by atoms with Crippen LogP contribution in [0.2, 0.25) is 5.02 Å². The first-order valence-corrected chi connectivity index (χ1v) is 9.78. The standard InChI is InChI=1S/C21H18ClN5O2/c1-13-23-12-18-27(13)26-19(29-18)17-8-7-16(11-24-17)25-20(28)21(9-2-10-21)14-3-5-15(22)6-4-14/h3-8,11-12H,2,9-10H2,1H3,(H,25,28). The largest absolute Gasteiger partial charge is 0.415 e. The zero-order valence-corrected chi connectivity index (χ0v) is 16.5. The first kappa shape index (κ1) is 17.9. The Kier molecular flexibility index (Phi) is 4.13. The number of halogens is 1. The molecule has 1 fully saturated rings. The Bertz CT molecular complexity index is 1190. The van der Waals surface area contributed by atoms with Crippen LogP contribution < -0.4 is 5.32 Å². The highest BCUT2D eigenvalue weighted by molar-refractivity contribution is 6.30. The molecule has 29 heavy (non-hydrogen) atoms. The highest BCUT2D eigenvalue weighted by Gasteiger charge is 2.45. The highest BCUT2D eigenvalue weighted by atomic mass is 35.5. The summed E-state index contributed by atoms with van der Waals surface area (Å²) in [5.41, 5.74) is 2.27. The van der Waals surface area contributed by atoms with Crippen molar-refractivity contribution in [2.75, 3.05) is 5.32 Å². The van der Waals surface area contributed by atoms with Gasteiger partial charge in [-0.15, -0.1) is 5.10 Å². The first-order valence-electron chi connectivity index (χ1n) is 9.40. The molecule has 0 radical (unpaired) electrons. The van der Waals surface area contributed by atoms with Crippen LogP contribution in [0.15, 0.2) is 53.2 Å². The van der Waals surface area contributed by atoms with Crippen LogP contribution >= 0.6 is 11.6 Å². The molecule has 0 atom stereocenters. The summed E-state index contributed by atoms with van der Waals surface area (Å²) in [6.45, 7) is 1.85. The molecule has 8 heteroatoms. The Morgan fingerprint density at radius 2 is 1.93 bits per heavy atom. The van der Waals surface area contributed by atoms with Gasteiger partial charge in [0.2, 0.25) is 11.6 Å². The van der Waals surface area contributed by atoms with E-state index in [0.717, 1.165) is 30.7 Å². The average Bonchev–Trinajstić information content (AvgIpc) is 3.25. The maximum atomic E-state index is 13.1. The lowest BCUT2D eigenvalue weighted by Gasteiger charge is -2.40. The Balaban J connectivity index is 1.36. The third-order valence-corrected chi connectivity index (χ3v) is 5.80. The number of fused-ring (bicyclic) bond motifs is 1. The van der Waals surface area contributed by atoms with Gasteiger partial charge in [0.05, 0.1) is 23.5 Å². The molecule has 1 aliphatic carbocycles. The number of nitrogens with one attached hydrogen (secondary N) is 1. The maximum absolute atomic E-state index is 13.1. The van der Waals surface area contributed by atoms with Gasteiger partial charge < -0.3 is 9.73 Å². The Hall–Kier alpha value is -3.19. The number of anilines is 1. The normalized spacial score (nSPS) is 15.2. The molecule has 4 aromatic rings. The van der Waals surface area contributed by atoms with E-state index in [2.05, 4.69) is 20.4 Å². The quantitative estimate of drug-likeness (QED) is 0.541. The van der Waals surface area contributed by atoms with Crippen molar-refractivity contribution in [3.05, 3.63) is 65.2 Å². The number of aryl methyl sites for hydroxylation is 1. The monoisotopic (exact) mass is 407 g/mol. The Labute approximate surface area is 171 Å². The number of imidazole rings is 1. The fraction of sp³-hybridized carbons (Fsp3) is 0.238. The molecule has 0 bridgehead atoms. The molecule has 0 unspecified atom stereocenters. The van der Waals surface area contributed by atoms with Gasteiger partial charge in [-0.05, 0) is 49.6 Å². The van der Waals surface area contributed by atoms with Crippen molar-refractivity contribution in [2.24, 2.45) is 0 Å². The summed E-state index contributed by atoms with van der Waals surface area (Å²) < 4.78 is 7.30. The molecular formula is C21H18ClN5O2. The van der Waals surface area contributed by atoms with Crippen molar-refractivity contribution >= 4 is 28.9 Å². The minimum atomic E-state index is -0.504. The van der Waals surface area contributed by atoms with Gasteiger partial charge in [0.1, 0.15) is 11.5 Å². The van der Waals surface area contributed by atoms with E-state index in [1.807, 2.05) is 31.2 Å². The molecule has 3 heterocycles. The molecular weight excluding hydrogens is 390 g/mol. The molecule has 1 saturated carbocycles. The minimum absolute atomic E-state index is 0.0206. The van der Waals surface area contributed by atoms with Gasteiger partial charge in [-0.2, -0.15) is 4.52 Å². The van der Waals surface area contributed by atoms with Crippen LogP contribution in [0.4, 0.5) is 5.69 Å². The molecule has 0 spiro atoms. The van der Waals surface area contributed by atoms with Gasteiger partial charge in [-0.25, -0.2) is 9.97 Å². The predicted octanol–water partition coefficient (Wildman–Crippen LogP) is 4.41. The van der Waals surface area contributed by atoms with Crippen LogP contribution in [0.25, 0.3) is 17.3 Å². The zero-order valence-electron chi connectivity index (χ0n) is 15.7. The van der Waals surface area contributed by atoms with E-state index in [0.29, 0.717) is 28.0 Å². The van der Waals surface area contributed by atoms with Gasteiger partial charge in [0, 0.05) is 5.02 Å². The van der Waals surface area contributed by atoms with Crippen molar-refractivity contribution in [1.82, 2.24) is 19.6 Å². The Morgan fingerprint density at radius 3 is 2.55 bits per heavy atom. The van der Waals surface area contributed by atoms with Gasteiger partial charge in [-0.3, -0.25) is 4.79 Å². The second kappa shape index (κ2) is 6.70. The third-order valence-electron chi connectivity index (χ3n) is 5.55. The lowest BCUT2D eigenvalue weighted by Crippen LogP contribution is -2.46. The van der Waals surface area contributed by atoms with Crippen molar-refractivity contribution in [2.45, 2.75) is 31.6 Å². The van der Waals surface area contributed by atoms with Crippen molar-refractivity contribution in [1.29, 1.82) is 0 Å². The summed E-state index contributed by atoms with van der Waals surface area (Å²) in [5.74, 6) is 1.12. The summed E-state index contributed by atoms with van der Waals surface area (Å²) in [5, 5.41) is 8.04. The third kappa shape index (κ3) is 2.98. The number of benzene rings is 1. The van der Waals surface area contributed by atoms with Gasteiger partial charge in [0.25, 0.3) is 5.89 Å². The van der Waals surface area contributed by atoms with E-state index in [-0.39, 0.29) is 5.91 Å². The van der Waals surface area contributed by atoms with E-state index >= 15 is 0 Å². The van der Waals surface area contributed by atoms with E-state index in [4.69, 9.17) is 16.0 Å². The Morgan fingerprint density at radius 1 is 1.14 bits per heavy atom. The van der Waals surface area contributed by atoms with Crippen LogP contribution in [0.5, 0.6) is 0 Å². The smallest absolute Gasteiger partial charge is 0.264 e. The fourth-order valence-corrected chi connectivity index (χ4v) is 3.84. The summed E-state index contributed by atoms with van der Waals surface area (Å²) >= 11 is 6.00. The number of pyridine rings is 1. The minimum Gasteiger partial charge on any atom is -0.415 e. The molecule has 1 N–H and O–H groups in total. The molecule has 3 aromatic heterocycles. The van der Waals surface area contributed by atoms with Crippen LogP contribution in [-0.2, 0) is 10.2 Å². The SMILES string of the molecule is Cc1ncc2oc(-c3ccc(NC(=O)C4(c5ccc(Cl)cc5)CCC4)cn3)nn12. The topological polar surface area (TPSA) is 85.3 Å². The second-order valence-electron chi connectivity index (χ2n) is 7.29. The van der Waals surface area contributed by atoms with E-state index in [1.165, 1.54) is 0 Å². The van der Waals surface area contributed by atoms with Crippen LogP contribution in [0, 0.1) is 6.92 Å². The fourth-order valence-electron chi connectivity index (χ4n) is 3.71. The number of hydrogen-bond acceptors (Lipinski definition) is 5. The lowest BCUT2D eigenvalue weighted by atomic mass is 9.64. The highest BCUT2D eigenvalue weighted by Crippen LogP contribution is 2.44. The number of hydrogen-bond donors (Lipinski definition) is 1. The van der Waals surface area contributed by atoms with Gasteiger partial charge in [-0.1, -0.05) is 30.2 Å². The molecule has 1 amide bonds.